The molecule has 0 aliphatic carbocycles. The Kier molecular flexibility index (Phi) is 9.52. The number of pyridine rings is 1. The summed E-state index contributed by atoms with van der Waals surface area (Å²) >= 11 is 0. The molecule has 0 atom stereocenters. The first-order valence-electron chi connectivity index (χ1n) is 7.43. The van der Waals surface area contributed by atoms with Crippen molar-refractivity contribution in [1.29, 1.82) is 0 Å². The molecule has 1 aromatic rings. The SMILES string of the molecule is CCCCOCCOCCOCCn1cc(N)ccc1=O. The number of nitrogens with zero attached hydrogens (tertiary/aromatic N) is 1. The molecule has 21 heavy (non-hydrogen) atoms. The summed E-state index contributed by atoms with van der Waals surface area (Å²) in [6, 6.07) is 3.05. The van der Waals surface area contributed by atoms with Crippen LogP contribution in [0.2, 0.25) is 0 Å². The van der Waals surface area contributed by atoms with Gasteiger partial charge in [0, 0.05) is 31.1 Å². The lowest BCUT2D eigenvalue weighted by molar-refractivity contribution is 0.0126. The maximum absolute atomic E-state index is 11.5. The summed E-state index contributed by atoms with van der Waals surface area (Å²) in [5.74, 6) is 0. The van der Waals surface area contributed by atoms with E-state index in [1.807, 2.05) is 0 Å². The van der Waals surface area contributed by atoms with Crippen LogP contribution in [0.4, 0.5) is 5.69 Å². The normalized spacial score (nSPS) is 10.9. The summed E-state index contributed by atoms with van der Waals surface area (Å²) in [4.78, 5) is 11.5. The van der Waals surface area contributed by atoms with Crippen LogP contribution in [-0.2, 0) is 20.8 Å². The highest BCUT2D eigenvalue weighted by molar-refractivity contribution is 5.33. The van der Waals surface area contributed by atoms with Gasteiger partial charge in [-0.1, -0.05) is 13.3 Å². The second kappa shape index (κ2) is 11.3. The molecule has 0 aliphatic rings. The molecule has 2 N–H and O–H groups in total. The third kappa shape index (κ3) is 8.49. The van der Waals surface area contributed by atoms with E-state index in [0.717, 1.165) is 19.4 Å². The number of nitrogens with two attached hydrogens (primary N) is 1. The average Bonchev–Trinajstić information content (AvgIpc) is 2.48. The van der Waals surface area contributed by atoms with Gasteiger partial charge in [-0.3, -0.25) is 4.79 Å². The van der Waals surface area contributed by atoms with Crippen molar-refractivity contribution in [2.45, 2.75) is 26.3 Å². The summed E-state index contributed by atoms with van der Waals surface area (Å²) in [5.41, 5.74) is 6.12. The van der Waals surface area contributed by atoms with Gasteiger partial charge in [0.2, 0.25) is 0 Å². The van der Waals surface area contributed by atoms with Crippen LogP contribution >= 0.6 is 0 Å². The van der Waals surface area contributed by atoms with Crippen molar-refractivity contribution in [3.63, 3.8) is 0 Å². The lowest BCUT2D eigenvalue weighted by Crippen LogP contribution is -2.22. The van der Waals surface area contributed by atoms with Gasteiger partial charge in [0.15, 0.2) is 0 Å². The van der Waals surface area contributed by atoms with Gasteiger partial charge < -0.3 is 24.5 Å². The molecule has 0 fully saturated rings. The number of anilines is 1. The predicted octanol–water partition coefficient (Wildman–Crippen LogP) is 1.28. The number of unbranched alkanes of at least 4 members (excludes halogenated alkanes) is 1. The van der Waals surface area contributed by atoms with Crippen molar-refractivity contribution < 1.29 is 14.2 Å². The van der Waals surface area contributed by atoms with Gasteiger partial charge in [0.25, 0.3) is 5.56 Å². The van der Waals surface area contributed by atoms with Crippen LogP contribution in [0.1, 0.15) is 19.8 Å². The molecule has 0 amide bonds. The van der Waals surface area contributed by atoms with Gasteiger partial charge in [-0.25, -0.2) is 0 Å². The van der Waals surface area contributed by atoms with Gasteiger partial charge in [-0.15, -0.1) is 0 Å². The van der Waals surface area contributed by atoms with E-state index in [4.69, 9.17) is 19.9 Å². The van der Waals surface area contributed by atoms with Crippen molar-refractivity contribution in [3.8, 4) is 0 Å². The average molecular weight is 298 g/mol. The monoisotopic (exact) mass is 298 g/mol. The largest absolute Gasteiger partial charge is 0.398 e. The Balaban J connectivity index is 1.95. The fourth-order valence-corrected chi connectivity index (χ4v) is 1.68. The number of rotatable bonds is 12. The van der Waals surface area contributed by atoms with Gasteiger partial charge in [0.05, 0.1) is 33.0 Å². The highest BCUT2D eigenvalue weighted by Crippen LogP contribution is 1.95. The van der Waals surface area contributed by atoms with Crippen molar-refractivity contribution in [2.24, 2.45) is 0 Å². The highest BCUT2D eigenvalue weighted by Gasteiger charge is 1.97. The van der Waals surface area contributed by atoms with E-state index in [2.05, 4.69) is 6.92 Å². The van der Waals surface area contributed by atoms with Crippen LogP contribution in [0, 0.1) is 0 Å². The molecule has 1 aromatic heterocycles. The Labute approximate surface area is 125 Å². The van der Waals surface area contributed by atoms with Gasteiger partial charge in [-0.2, -0.15) is 0 Å². The standard InChI is InChI=1S/C15H26N2O4/c1-2-3-7-19-9-11-21-12-10-20-8-6-17-13-14(16)4-5-15(17)18/h4-5,13H,2-3,6-12,16H2,1H3. The third-order valence-electron chi connectivity index (χ3n) is 2.87. The quantitative estimate of drug-likeness (QED) is 0.588. The second-order valence-electron chi connectivity index (χ2n) is 4.68. The van der Waals surface area contributed by atoms with Crippen molar-refractivity contribution in [1.82, 2.24) is 4.57 Å². The zero-order valence-electron chi connectivity index (χ0n) is 12.8. The molecule has 0 radical (unpaired) electrons. The van der Waals surface area contributed by atoms with Crippen LogP contribution in [0.5, 0.6) is 0 Å². The van der Waals surface area contributed by atoms with Gasteiger partial charge >= 0.3 is 0 Å². The summed E-state index contributed by atoms with van der Waals surface area (Å²) in [6.45, 7) is 6.12. The van der Waals surface area contributed by atoms with E-state index in [1.54, 1.807) is 12.3 Å². The molecular weight excluding hydrogens is 272 g/mol. The van der Waals surface area contributed by atoms with E-state index in [9.17, 15) is 4.79 Å². The van der Waals surface area contributed by atoms with Crippen molar-refractivity contribution in [2.75, 3.05) is 45.4 Å². The first-order valence-corrected chi connectivity index (χ1v) is 7.43. The zero-order chi connectivity index (χ0) is 15.3. The second-order valence-corrected chi connectivity index (χ2v) is 4.68. The first-order chi connectivity index (χ1) is 10.2. The lowest BCUT2D eigenvalue weighted by atomic mass is 10.4. The molecule has 6 nitrogen and oxygen atoms in total. The molecule has 0 aromatic carbocycles. The van der Waals surface area contributed by atoms with Crippen LogP contribution in [0.3, 0.4) is 0 Å². The van der Waals surface area contributed by atoms with E-state index in [-0.39, 0.29) is 5.56 Å². The van der Waals surface area contributed by atoms with E-state index in [0.29, 0.717) is 45.3 Å². The van der Waals surface area contributed by atoms with Gasteiger partial charge in [-0.05, 0) is 12.5 Å². The molecular formula is C15H26N2O4. The minimum atomic E-state index is -0.0757. The molecule has 6 heteroatoms. The minimum Gasteiger partial charge on any atom is -0.398 e. The van der Waals surface area contributed by atoms with Gasteiger partial charge in [0.1, 0.15) is 0 Å². The number of hydrogen-bond acceptors (Lipinski definition) is 5. The maximum atomic E-state index is 11.5. The maximum Gasteiger partial charge on any atom is 0.250 e. The number of ether oxygens (including phenoxy) is 3. The predicted molar refractivity (Wildman–Crippen MR) is 82.5 cm³/mol. The summed E-state index contributed by atoms with van der Waals surface area (Å²) in [7, 11) is 0. The van der Waals surface area contributed by atoms with Crippen LogP contribution in [-0.4, -0.2) is 44.2 Å². The Morgan fingerprint density at radius 1 is 1.00 bits per heavy atom. The number of nitrogen functional groups attached to an aromatic ring is 1. The lowest BCUT2D eigenvalue weighted by Gasteiger charge is -2.08. The molecule has 0 spiro atoms. The highest BCUT2D eigenvalue weighted by atomic mass is 16.5. The van der Waals surface area contributed by atoms with Crippen LogP contribution < -0.4 is 11.3 Å². The molecule has 0 bridgehead atoms. The number of hydrogen-bond donors (Lipinski definition) is 1. The molecule has 0 aliphatic heterocycles. The van der Waals surface area contributed by atoms with Crippen molar-refractivity contribution in [3.05, 3.63) is 28.7 Å². The molecule has 0 unspecified atom stereocenters. The molecule has 0 saturated heterocycles. The Morgan fingerprint density at radius 3 is 2.29 bits per heavy atom. The minimum absolute atomic E-state index is 0.0757. The first kappa shape index (κ1) is 17.7. The number of aromatic nitrogens is 1. The molecule has 1 heterocycles. The zero-order valence-corrected chi connectivity index (χ0v) is 12.8. The smallest absolute Gasteiger partial charge is 0.250 e. The summed E-state index contributed by atoms with van der Waals surface area (Å²) in [6.07, 6.45) is 3.85. The Morgan fingerprint density at radius 2 is 1.62 bits per heavy atom. The third-order valence-corrected chi connectivity index (χ3v) is 2.87. The molecule has 120 valence electrons. The Bertz CT molecular complexity index is 434. The molecule has 1 rings (SSSR count). The molecule has 0 saturated carbocycles. The fourth-order valence-electron chi connectivity index (χ4n) is 1.68. The van der Waals surface area contributed by atoms with E-state index < -0.39 is 0 Å². The fraction of sp³-hybridized carbons (Fsp3) is 0.667. The van der Waals surface area contributed by atoms with E-state index in [1.165, 1.54) is 10.6 Å². The Hall–Kier alpha value is -1.37. The van der Waals surface area contributed by atoms with Crippen molar-refractivity contribution >= 4 is 5.69 Å². The van der Waals surface area contributed by atoms with Crippen LogP contribution in [0.25, 0.3) is 0 Å². The summed E-state index contributed by atoms with van der Waals surface area (Å²) < 4.78 is 17.7. The topological polar surface area (TPSA) is 75.7 Å². The van der Waals surface area contributed by atoms with E-state index >= 15 is 0 Å². The van der Waals surface area contributed by atoms with Crippen LogP contribution in [0.15, 0.2) is 23.1 Å². The summed E-state index contributed by atoms with van der Waals surface area (Å²) in [5, 5.41) is 0.